The molecule has 0 spiro atoms. The number of aliphatic hydroxyl groups excluding tert-OH is 1. The fraction of sp³-hybridized carbons (Fsp3) is 0.929. The highest BCUT2D eigenvalue weighted by Crippen LogP contribution is 2.41. The molecule has 1 N–H and O–H groups in total. The van der Waals surface area contributed by atoms with Crippen molar-refractivity contribution < 1.29 is 14.6 Å². The van der Waals surface area contributed by atoms with Crippen LogP contribution in [0.15, 0.2) is 0 Å². The molecule has 2 bridgehead atoms. The lowest BCUT2D eigenvalue weighted by molar-refractivity contribution is -0.167. The Kier molecular flexibility index (Phi) is 4.09. The van der Waals surface area contributed by atoms with Gasteiger partial charge in [0.15, 0.2) is 5.78 Å². The summed E-state index contributed by atoms with van der Waals surface area (Å²) in [6.07, 6.45) is 3.00. The lowest BCUT2D eigenvalue weighted by Crippen LogP contribution is -2.72. The molecule has 4 nitrogen and oxygen atoms in total. The number of piperidine rings is 3. The van der Waals surface area contributed by atoms with E-state index in [-0.39, 0.29) is 18.3 Å². The van der Waals surface area contributed by atoms with Crippen LogP contribution < -0.4 is 0 Å². The average molecular weight is 255 g/mol. The molecule has 4 heteroatoms. The zero-order valence-electron chi connectivity index (χ0n) is 11.7. The molecule has 0 aromatic heterocycles. The van der Waals surface area contributed by atoms with Gasteiger partial charge in [0.05, 0.1) is 13.2 Å². The van der Waals surface area contributed by atoms with Crippen molar-refractivity contribution in [1.29, 1.82) is 0 Å². The second kappa shape index (κ2) is 5.27. The molecular weight excluding hydrogens is 230 g/mol. The number of hydrogen-bond donors (Lipinski definition) is 1. The lowest BCUT2D eigenvalue weighted by atomic mass is 9.69. The smallest absolute Gasteiger partial charge is 0.161 e. The number of ketones is 1. The van der Waals surface area contributed by atoms with Gasteiger partial charge in [-0.1, -0.05) is 13.8 Å². The Hall–Kier alpha value is -0.450. The fourth-order valence-corrected chi connectivity index (χ4v) is 3.75. The SMILES string of the molecule is COC[C@@]1(CO)C(=O)[C@@H]2CCN1[C@H](CC(C)C)C2. The van der Waals surface area contributed by atoms with Gasteiger partial charge in [-0.15, -0.1) is 0 Å². The van der Waals surface area contributed by atoms with Gasteiger partial charge in [-0.05, 0) is 25.2 Å². The highest BCUT2D eigenvalue weighted by Gasteiger charge is 2.56. The summed E-state index contributed by atoms with van der Waals surface area (Å²) in [6, 6.07) is 0.420. The van der Waals surface area contributed by atoms with Gasteiger partial charge in [0, 0.05) is 25.6 Å². The highest BCUT2D eigenvalue weighted by molar-refractivity contribution is 5.92. The quantitative estimate of drug-likeness (QED) is 0.798. The summed E-state index contributed by atoms with van der Waals surface area (Å²) in [7, 11) is 1.60. The first kappa shape index (κ1) is 14.0. The Balaban J connectivity index is 2.25. The molecule has 0 radical (unpaired) electrons. The molecular formula is C14H25NO3. The summed E-state index contributed by atoms with van der Waals surface area (Å²) < 4.78 is 5.23. The summed E-state index contributed by atoms with van der Waals surface area (Å²) in [4.78, 5) is 14.7. The van der Waals surface area contributed by atoms with Crippen molar-refractivity contribution in [2.24, 2.45) is 11.8 Å². The van der Waals surface area contributed by atoms with E-state index in [2.05, 4.69) is 18.7 Å². The highest BCUT2D eigenvalue weighted by atomic mass is 16.5. The van der Waals surface area contributed by atoms with E-state index >= 15 is 0 Å². The van der Waals surface area contributed by atoms with Crippen molar-refractivity contribution in [2.75, 3.05) is 26.9 Å². The predicted molar refractivity (Wildman–Crippen MR) is 69.4 cm³/mol. The van der Waals surface area contributed by atoms with Crippen LogP contribution in [0.3, 0.4) is 0 Å². The maximum Gasteiger partial charge on any atom is 0.161 e. The van der Waals surface area contributed by atoms with Gasteiger partial charge in [-0.25, -0.2) is 0 Å². The van der Waals surface area contributed by atoms with Crippen molar-refractivity contribution in [1.82, 2.24) is 4.90 Å². The van der Waals surface area contributed by atoms with Crippen molar-refractivity contribution in [3.05, 3.63) is 0 Å². The number of carbonyl (C=O) groups is 1. The Morgan fingerprint density at radius 2 is 2.28 bits per heavy atom. The lowest BCUT2D eigenvalue weighted by Gasteiger charge is -2.56. The van der Waals surface area contributed by atoms with E-state index in [0.717, 1.165) is 25.8 Å². The summed E-state index contributed by atoms with van der Waals surface area (Å²) in [6.45, 7) is 5.53. The van der Waals surface area contributed by atoms with Gasteiger partial charge in [-0.3, -0.25) is 9.69 Å². The maximum absolute atomic E-state index is 12.5. The van der Waals surface area contributed by atoms with E-state index in [0.29, 0.717) is 18.6 Å². The minimum atomic E-state index is -0.768. The minimum absolute atomic E-state index is 0.120. The number of aliphatic hydroxyl groups is 1. The van der Waals surface area contributed by atoms with Crippen molar-refractivity contribution >= 4 is 5.78 Å². The molecule has 4 atom stereocenters. The summed E-state index contributed by atoms with van der Waals surface area (Å²) in [5.74, 6) is 0.933. The summed E-state index contributed by atoms with van der Waals surface area (Å²) in [5.41, 5.74) is -0.768. The molecule has 3 heterocycles. The van der Waals surface area contributed by atoms with E-state index in [1.807, 2.05) is 0 Å². The largest absolute Gasteiger partial charge is 0.394 e. The molecule has 18 heavy (non-hydrogen) atoms. The van der Waals surface area contributed by atoms with E-state index in [1.54, 1.807) is 7.11 Å². The zero-order chi connectivity index (χ0) is 13.3. The number of rotatable bonds is 5. The molecule has 104 valence electrons. The van der Waals surface area contributed by atoms with E-state index < -0.39 is 5.54 Å². The van der Waals surface area contributed by atoms with Crippen LogP contribution in [0.4, 0.5) is 0 Å². The summed E-state index contributed by atoms with van der Waals surface area (Å²) in [5, 5.41) is 9.77. The standard InChI is InChI=1S/C14H25NO3/c1-10(2)6-12-7-11-4-5-15(12)14(8-16,9-18-3)13(11)17/h10-12,16H,4-9H2,1-3H3/t11-,12-,14+/m1/s1. The molecule has 3 fully saturated rings. The molecule has 3 rings (SSSR count). The second-order valence-electron chi connectivity index (χ2n) is 6.19. The van der Waals surface area contributed by atoms with Crippen LogP contribution in [0.5, 0.6) is 0 Å². The molecule has 3 aliphatic rings. The first-order chi connectivity index (χ1) is 8.55. The Morgan fingerprint density at radius 1 is 1.56 bits per heavy atom. The van der Waals surface area contributed by atoms with Crippen LogP contribution in [0.25, 0.3) is 0 Å². The van der Waals surface area contributed by atoms with Crippen LogP contribution in [0.1, 0.15) is 33.1 Å². The van der Waals surface area contributed by atoms with Gasteiger partial charge in [0.2, 0.25) is 0 Å². The molecule has 0 amide bonds. The van der Waals surface area contributed by atoms with Gasteiger partial charge in [0.1, 0.15) is 5.54 Å². The molecule has 0 aliphatic carbocycles. The number of methoxy groups -OCH3 is 1. The zero-order valence-corrected chi connectivity index (χ0v) is 11.7. The maximum atomic E-state index is 12.5. The van der Waals surface area contributed by atoms with E-state index in [1.165, 1.54) is 0 Å². The van der Waals surface area contributed by atoms with Crippen molar-refractivity contribution in [3.63, 3.8) is 0 Å². The van der Waals surface area contributed by atoms with E-state index in [9.17, 15) is 9.90 Å². The number of Topliss-reactive ketones (excluding diaryl/α,β-unsaturated/α-hetero) is 1. The van der Waals surface area contributed by atoms with Crippen molar-refractivity contribution in [2.45, 2.75) is 44.7 Å². The number of fused-ring (bicyclic) bond motifs is 3. The fourth-order valence-electron chi connectivity index (χ4n) is 3.75. The molecule has 1 unspecified atom stereocenters. The topological polar surface area (TPSA) is 49.8 Å². The number of ether oxygens (including phenoxy) is 1. The third-order valence-electron chi connectivity index (χ3n) is 4.48. The van der Waals surface area contributed by atoms with Crippen LogP contribution in [0, 0.1) is 11.8 Å². The monoisotopic (exact) mass is 255 g/mol. The van der Waals surface area contributed by atoms with Crippen LogP contribution in [0.2, 0.25) is 0 Å². The molecule has 0 aromatic carbocycles. The Morgan fingerprint density at radius 3 is 2.83 bits per heavy atom. The molecule has 0 saturated carbocycles. The molecule has 3 aliphatic heterocycles. The Bertz CT molecular complexity index is 318. The Labute approximate surface area is 109 Å². The van der Waals surface area contributed by atoms with Crippen LogP contribution >= 0.6 is 0 Å². The second-order valence-corrected chi connectivity index (χ2v) is 6.19. The van der Waals surface area contributed by atoms with Gasteiger partial charge >= 0.3 is 0 Å². The average Bonchev–Trinajstić information content (AvgIpc) is 2.33. The third kappa shape index (κ3) is 2.10. The minimum Gasteiger partial charge on any atom is -0.394 e. The van der Waals surface area contributed by atoms with Gasteiger partial charge < -0.3 is 9.84 Å². The normalized spacial score (nSPS) is 39.6. The first-order valence-electron chi connectivity index (χ1n) is 6.96. The molecule has 3 saturated heterocycles. The van der Waals surface area contributed by atoms with Gasteiger partial charge in [0.25, 0.3) is 0 Å². The molecule has 0 aromatic rings. The third-order valence-corrected chi connectivity index (χ3v) is 4.48. The van der Waals surface area contributed by atoms with Crippen LogP contribution in [-0.2, 0) is 9.53 Å². The van der Waals surface area contributed by atoms with Gasteiger partial charge in [-0.2, -0.15) is 0 Å². The van der Waals surface area contributed by atoms with Crippen LogP contribution in [-0.4, -0.2) is 54.2 Å². The first-order valence-corrected chi connectivity index (χ1v) is 6.96. The van der Waals surface area contributed by atoms with E-state index in [4.69, 9.17) is 4.74 Å². The predicted octanol–water partition coefficient (Wildman–Crippen LogP) is 1.07. The summed E-state index contributed by atoms with van der Waals surface area (Å²) >= 11 is 0. The number of hydrogen-bond acceptors (Lipinski definition) is 4. The number of carbonyl (C=O) groups excluding carboxylic acids is 1. The number of nitrogens with zero attached hydrogens (tertiary/aromatic N) is 1. The van der Waals surface area contributed by atoms with Crippen molar-refractivity contribution in [3.8, 4) is 0 Å².